The zero-order valence-corrected chi connectivity index (χ0v) is 15.6. The molecule has 0 aliphatic carbocycles. The Balaban J connectivity index is 0.00000400. The summed E-state index contributed by atoms with van der Waals surface area (Å²) in [5, 5.41) is 6.70. The van der Waals surface area contributed by atoms with Crippen molar-refractivity contribution in [2.45, 2.75) is 32.2 Å². The van der Waals surface area contributed by atoms with Gasteiger partial charge in [-0.1, -0.05) is 30.3 Å². The Morgan fingerprint density at radius 1 is 1.29 bits per heavy atom. The molecule has 0 aliphatic rings. The molecule has 0 aliphatic heterocycles. The van der Waals surface area contributed by atoms with Gasteiger partial charge in [0, 0.05) is 33.4 Å². The largest absolute Gasteiger partial charge is 0.385 e. The first-order valence-electron chi connectivity index (χ1n) is 7.26. The molecule has 0 saturated carbocycles. The second-order valence-corrected chi connectivity index (χ2v) is 4.92. The minimum atomic E-state index is 0. The minimum Gasteiger partial charge on any atom is -0.385 e. The summed E-state index contributed by atoms with van der Waals surface area (Å²) in [5.74, 6) is 0.863. The highest BCUT2D eigenvalue weighted by Gasteiger charge is 2.05. The van der Waals surface area contributed by atoms with Crippen LogP contribution in [-0.2, 0) is 11.2 Å². The number of nitrogens with one attached hydrogen (secondary N) is 2. The van der Waals surface area contributed by atoms with Crippen LogP contribution < -0.4 is 10.6 Å². The molecule has 0 spiro atoms. The number of nitrogens with zero attached hydrogens (tertiary/aromatic N) is 1. The molecule has 5 heteroatoms. The number of hydrogen-bond acceptors (Lipinski definition) is 2. The quantitative estimate of drug-likeness (QED) is 0.303. The van der Waals surface area contributed by atoms with Crippen LogP contribution in [0.2, 0.25) is 0 Å². The molecule has 0 bridgehead atoms. The maximum atomic E-state index is 5.03. The van der Waals surface area contributed by atoms with Gasteiger partial charge in [0.1, 0.15) is 0 Å². The molecular weight excluding hydrogens is 377 g/mol. The molecule has 0 heterocycles. The van der Waals surface area contributed by atoms with E-state index in [1.54, 1.807) is 14.2 Å². The molecule has 21 heavy (non-hydrogen) atoms. The molecule has 0 radical (unpaired) electrons. The second kappa shape index (κ2) is 12.9. The highest BCUT2D eigenvalue weighted by atomic mass is 127. The number of aliphatic imine (C=N–C) groups is 1. The summed E-state index contributed by atoms with van der Waals surface area (Å²) in [7, 11) is 3.52. The molecule has 1 rings (SSSR count). The van der Waals surface area contributed by atoms with E-state index in [2.05, 4.69) is 52.9 Å². The molecule has 1 aromatic carbocycles. The zero-order valence-electron chi connectivity index (χ0n) is 13.3. The number of benzene rings is 1. The summed E-state index contributed by atoms with van der Waals surface area (Å²) >= 11 is 0. The van der Waals surface area contributed by atoms with Crippen molar-refractivity contribution in [2.24, 2.45) is 4.99 Å². The number of aryl methyl sites for hydroxylation is 1. The molecule has 0 amide bonds. The lowest BCUT2D eigenvalue weighted by atomic mass is 10.1. The zero-order chi connectivity index (χ0) is 14.6. The molecule has 4 nitrogen and oxygen atoms in total. The van der Waals surface area contributed by atoms with Crippen molar-refractivity contribution < 1.29 is 4.74 Å². The molecular formula is C16H28IN3O. The van der Waals surface area contributed by atoms with Gasteiger partial charge in [0.2, 0.25) is 0 Å². The van der Waals surface area contributed by atoms with Gasteiger partial charge in [0.15, 0.2) is 5.96 Å². The van der Waals surface area contributed by atoms with E-state index in [1.807, 2.05) is 0 Å². The Morgan fingerprint density at radius 3 is 2.62 bits per heavy atom. The molecule has 0 aromatic heterocycles. The second-order valence-electron chi connectivity index (χ2n) is 4.92. The lowest BCUT2D eigenvalue weighted by Gasteiger charge is -2.18. The third-order valence-electron chi connectivity index (χ3n) is 3.13. The Hall–Kier alpha value is -0.820. The van der Waals surface area contributed by atoms with Crippen LogP contribution in [-0.4, -0.2) is 39.3 Å². The van der Waals surface area contributed by atoms with E-state index >= 15 is 0 Å². The van der Waals surface area contributed by atoms with E-state index in [-0.39, 0.29) is 24.0 Å². The smallest absolute Gasteiger partial charge is 0.191 e. The van der Waals surface area contributed by atoms with Gasteiger partial charge in [-0.05, 0) is 31.7 Å². The number of hydrogen-bond donors (Lipinski definition) is 2. The van der Waals surface area contributed by atoms with Crippen LogP contribution >= 0.6 is 24.0 Å². The number of guanidine groups is 1. The van der Waals surface area contributed by atoms with Crippen molar-refractivity contribution in [2.75, 3.05) is 27.3 Å². The predicted octanol–water partition coefficient (Wildman–Crippen LogP) is 2.83. The van der Waals surface area contributed by atoms with Crippen LogP contribution in [0, 0.1) is 0 Å². The fourth-order valence-corrected chi connectivity index (χ4v) is 1.95. The third-order valence-corrected chi connectivity index (χ3v) is 3.13. The van der Waals surface area contributed by atoms with Crippen molar-refractivity contribution in [1.29, 1.82) is 0 Å². The monoisotopic (exact) mass is 405 g/mol. The SMILES string of the molecule is CN=C(NCCCOC)NC(C)CCc1ccccc1.I. The highest BCUT2D eigenvalue weighted by molar-refractivity contribution is 14.0. The maximum absolute atomic E-state index is 5.03. The van der Waals surface area contributed by atoms with Crippen molar-refractivity contribution in [3.05, 3.63) is 35.9 Å². The normalized spacial score (nSPS) is 12.4. The van der Waals surface area contributed by atoms with E-state index in [0.717, 1.165) is 38.4 Å². The molecule has 1 aromatic rings. The third kappa shape index (κ3) is 9.68. The Morgan fingerprint density at radius 2 is 2.00 bits per heavy atom. The van der Waals surface area contributed by atoms with Crippen molar-refractivity contribution in [3.63, 3.8) is 0 Å². The fraction of sp³-hybridized carbons (Fsp3) is 0.562. The molecule has 1 unspecified atom stereocenters. The Kier molecular flexibility index (Phi) is 12.4. The van der Waals surface area contributed by atoms with Crippen LogP contribution in [0.15, 0.2) is 35.3 Å². The summed E-state index contributed by atoms with van der Waals surface area (Å²) in [6.45, 7) is 3.83. The molecule has 2 N–H and O–H groups in total. The summed E-state index contributed by atoms with van der Waals surface area (Å²) in [4.78, 5) is 4.23. The summed E-state index contributed by atoms with van der Waals surface area (Å²) in [5.41, 5.74) is 1.38. The molecule has 120 valence electrons. The number of methoxy groups -OCH3 is 1. The van der Waals surface area contributed by atoms with E-state index in [4.69, 9.17) is 4.74 Å². The van der Waals surface area contributed by atoms with E-state index in [9.17, 15) is 0 Å². The van der Waals surface area contributed by atoms with E-state index in [1.165, 1.54) is 5.56 Å². The standard InChI is InChI=1S/C16H27N3O.HI/c1-14(10-11-15-8-5-4-6-9-15)19-16(17-2)18-12-7-13-20-3;/h4-6,8-9,14H,7,10-13H2,1-3H3,(H2,17,18,19);1H. The lowest BCUT2D eigenvalue weighted by molar-refractivity contribution is 0.195. The van der Waals surface area contributed by atoms with Crippen LogP contribution in [0.4, 0.5) is 0 Å². The summed E-state index contributed by atoms with van der Waals surface area (Å²) < 4.78 is 5.03. The highest BCUT2D eigenvalue weighted by Crippen LogP contribution is 2.04. The van der Waals surface area contributed by atoms with Gasteiger partial charge in [0.25, 0.3) is 0 Å². The van der Waals surface area contributed by atoms with Gasteiger partial charge in [-0.25, -0.2) is 0 Å². The van der Waals surface area contributed by atoms with E-state index in [0.29, 0.717) is 6.04 Å². The van der Waals surface area contributed by atoms with Gasteiger partial charge in [-0.2, -0.15) is 0 Å². The fourth-order valence-electron chi connectivity index (χ4n) is 1.95. The average molecular weight is 405 g/mol. The number of rotatable bonds is 8. The predicted molar refractivity (Wildman–Crippen MR) is 101 cm³/mol. The van der Waals surface area contributed by atoms with Crippen LogP contribution in [0.3, 0.4) is 0 Å². The molecule has 0 fully saturated rings. The van der Waals surface area contributed by atoms with Crippen molar-refractivity contribution >= 4 is 29.9 Å². The summed E-state index contributed by atoms with van der Waals surface area (Å²) in [6.07, 6.45) is 3.15. The van der Waals surface area contributed by atoms with Crippen molar-refractivity contribution in [3.8, 4) is 0 Å². The molecule has 1 atom stereocenters. The van der Waals surface area contributed by atoms with Crippen LogP contribution in [0.5, 0.6) is 0 Å². The lowest BCUT2D eigenvalue weighted by Crippen LogP contribution is -2.42. The number of halogens is 1. The number of ether oxygens (including phenoxy) is 1. The van der Waals surface area contributed by atoms with Crippen molar-refractivity contribution in [1.82, 2.24) is 10.6 Å². The average Bonchev–Trinajstić information content (AvgIpc) is 2.49. The Labute approximate surface area is 145 Å². The van der Waals surface area contributed by atoms with E-state index < -0.39 is 0 Å². The first kappa shape index (κ1) is 20.2. The van der Waals surface area contributed by atoms with Crippen LogP contribution in [0.25, 0.3) is 0 Å². The maximum Gasteiger partial charge on any atom is 0.191 e. The van der Waals surface area contributed by atoms with Gasteiger partial charge in [0.05, 0.1) is 0 Å². The topological polar surface area (TPSA) is 45.7 Å². The van der Waals surface area contributed by atoms with Gasteiger partial charge >= 0.3 is 0 Å². The minimum absolute atomic E-state index is 0. The van der Waals surface area contributed by atoms with Gasteiger partial charge in [-0.15, -0.1) is 24.0 Å². The Bertz CT molecular complexity index is 384. The van der Waals surface area contributed by atoms with Crippen LogP contribution in [0.1, 0.15) is 25.3 Å². The summed E-state index contributed by atoms with van der Waals surface area (Å²) in [6, 6.07) is 11.0. The van der Waals surface area contributed by atoms with Gasteiger partial charge < -0.3 is 15.4 Å². The van der Waals surface area contributed by atoms with Gasteiger partial charge in [-0.3, -0.25) is 4.99 Å². The first-order chi connectivity index (χ1) is 9.76. The first-order valence-corrected chi connectivity index (χ1v) is 7.26. The molecule has 0 saturated heterocycles.